The van der Waals surface area contributed by atoms with Crippen molar-refractivity contribution in [3.63, 3.8) is 0 Å². The Kier molecular flexibility index (Phi) is 4.66. The molecule has 9 heteroatoms. The van der Waals surface area contributed by atoms with Crippen LogP contribution in [0.25, 0.3) is 5.88 Å². The van der Waals surface area contributed by atoms with Crippen LogP contribution in [0.15, 0.2) is 47.1 Å². The second-order valence-corrected chi connectivity index (χ2v) is 6.11. The molecular formula is C20H15N3O6. The van der Waals surface area contributed by atoms with Crippen LogP contribution in [0.4, 0.5) is 5.69 Å². The third kappa shape index (κ3) is 3.51. The number of amides is 1. The highest BCUT2D eigenvalue weighted by Gasteiger charge is 2.26. The van der Waals surface area contributed by atoms with Crippen LogP contribution in [0.3, 0.4) is 0 Å². The number of carbonyl (C=O) groups excluding carboxylic acids is 2. The van der Waals surface area contributed by atoms with E-state index in [-0.39, 0.29) is 29.6 Å². The first-order chi connectivity index (χ1) is 14.1. The number of hydrogen-bond donors (Lipinski definition) is 1. The zero-order valence-corrected chi connectivity index (χ0v) is 15.3. The van der Waals surface area contributed by atoms with Crippen LogP contribution in [-0.2, 0) is 9.53 Å². The normalized spacial score (nSPS) is 11.7. The number of esters is 1. The molecule has 0 bridgehead atoms. The molecule has 146 valence electrons. The molecule has 3 heterocycles. The molecule has 9 nitrogen and oxygen atoms in total. The highest BCUT2D eigenvalue weighted by Crippen LogP contribution is 2.34. The minimum Gasteiger partial charge on any atom is -0.454 e. The summed E-state index contributed by atoms with van der Waals surface area (Å²) in [6, 6.07) is 10.4. The van der Waals surface area contributed by atoms with Crippen LogP contribution >= 0.6 is 0 Å². The smallest absolute Gasteiger partial charge is 0.343 e. The number of carbonyl (C=O) groups is 2. The average molecular weight is 393 g/mol. The van der Waals surface area contributed by atoms with Gasteiger partial charge in [0.1, 0.15) is 23.0 Å². The molecule has 0 atom stereocenters. The van der Waals surface area contributed by atoms with Gasteiger partial charge in [-0.1, -0.05) is 0 Å². The number of anilines is 1. The van der Waals surface area contributed by atoms with Crippen molar-refractivity contribution in [3.05, 3.63) is 59.6 Å². The summed E-state index contributed by atoms with van der Waals surface area (Å²) in [6.45, 7) is 1.15. The molecule has 3 aromatic rings. The van der Waals surface area contributed by atoms with Crippen LogP contribution < -0.4 is 14.8 Å². The molecule has 1 aromatic carbocycles. The molecule has 1 aliphatic heterocycles. The van der Waals surface area contributed by atoms with Gasteiger partial charge in [-0.05, 0) is 31.2 Å². The van der Waals surface area contributed by atoms with Crippen LogP contribution in [-0.4, -0.2) is 29.8 Å². The molecule has 0 spiro atoms. The lowest BCUT2D eigenvalue weighted by Crippen LogP contribution is -2.21. The van der Waals surface area contributed by atoms with Crippen LogP contribution in [0.2, 0.25) is 0 Å². The van der Waals surface area contributed by atoms with E-state index in [2.05, 4.69) is 5.32 Å². The van der Waals surface area contributed by atoms with E-state index >= 15 is 0 Å². The lowest BCUT2D eigenvalue weighted by atomic mass is 10.1. The second-order valence-electron chi connectivity index (χ2n) is 6.11. The Bertz CT molecular complexity index is 1120. The first kappa shape index (κ1) is 18.2. The van der Waals surface area contributed by atoms with Crippen LogP contribution in [0.5, 0.6) is 11.5 Å². The van der Waals surface area contributed by atoms with Gasteiger partial charge < -0.3 is 23.9 Å². The molecule has 0 aliphatic carbocycles. The Morgan fingerprint density at radius 2 is 2.00 bits per heavy atom. The predicted molar refractivity (Wildman–Crippen MR) is 99.0 cm³/mol. The fraction of sp³-hybridized carbons (Fsp3) is 0.150. The predicted octanol–water partition coefficient (Wildman–Crippen LogP) is 2.77. The van der Waals surface area contributed by atoms with Gasteiger partial charge in [-0.15, -0.1) is 0 Å². The van der Waals surface area contributed by atoms with Crippen molar-refractivity contribution in [2.75, 3.05) is 18.7 Å². The summed E-state index contributed by atoms with van der Waals surface area (Å²) < 4.78 is 22.7. The highest BCUT2D eigenvalue weighted by molar-refractivity contribution is 5.98. The monoisotopic (exact) mass is 393 g/mol. The van der Waals surface area contributed by atoms with Gasteiger partial charge in [-0.2, -0.15) is 5.26 Å². The topological polar surface area (TPSA) is 116 Å². The van der Waals surface area contributed by atoms with E-state index in [1.165, 1.54) is 0 Å². The second kappa shape index (κ2) is 7.44. The van der Waals surface area contributed by atoms with Gasteiger partial charge in [0.15, 0.2) is 18.1 Å². The Morgan fingerprint density at radius 3 is 2.76 bits per heavy atom. The summed E-state index contributed by atoms with van der Waals surface area (Å²) in [7, 11) is 0. The number of rotatable bonds is 5. The van der Waals surface area contributed by atoms with Crippen molar-refractivity contribution in [2.24, 2.45) is 0 Å². The number of aryl methyl sites for hydroxylation is 1. The number of aromatic nitrogens is 1. The molecule has 4 rings (SSSR count). The SMILES string of the molecule is Cc1oc(-n2cccc2)c(C#N)c1C(=O)OCC(=O)Nc1ccc2c(c1)OCO2. The van der Waals surface area contributed by atoms with Gasteiger partial charge in [0.25, 0.3) is 5.91 Å². The minimum absolute atomic E-state index is 0.00733. The third-order valence-electron chi connectivity index (χ3n) is 4.21. The van der Waals surface area contributed by atoms with Crippen molar-refractivity contribution in [2.45, 2.75) is 6.92 Å². The summed E-state index contributed by atoms with van der Waals surface area (Å²) in [5.41, 5.74) is 0.509. The fourth-order valence-corrected chi connectivity index (χ4v) is 2.91. The molecule has 29 heavy (non-hydrogen) atoms. The summed E-state index contributed by atoms with van der Waals surface area (Å²) >= 11 is 0. The molecule has 1 N–H and O–H groups in total. The number of fused-ring (bicyclic) bond motifs is 1. The van der Waals surface area contributed by atoms with Crippen molar-refractivity contribution >= 4 is 17.6 Å². The van der Waals surface area contributed by atoms with E-state index in [0.717, 1.165) is 0 Å². The Morgan fingerprint density at radius 1 is 1.24 bits per heavy atom. The number of hydrogen-bond acceptors (Lipinski definition) is 7. The lowest BCUT2D eigenvalue weighted by Gasteiger charge is -2.07. The molecule has 1 amide bonds. The maximum atomic E-state index is 12.5. The van der Waals surface area contributed by atoms with Crippen LogP contribution in [0.1, 0.15) is 21.7 Å². The van der Waals surface area contributed by atoms with E-state index in [1.807, 2.05) is 6.07 Å². The quantitative estimate of drug-likeness (QED) is 0.663. The zero-order valence-electron chi connectivity index (χ0n) is 15.3. The molecule has 0 saturated heterocycles. The molecule has 1 aliphatic rings. The molecule has 0 fully saturated rings. The van der Waals surface area contributed by atoms with Crippen molar-refractivity contribution in [1.29, 1.82) is 5.26 Å². The Hall–Kier alpha value is -4.19. The average Bonchev–Trinajstić information content (AvgIpc) is 3.44. The largest absolute Gasteiger partial charge is 0.454 e. The van der Waals surface area contributed by atoms with E-state index in [0.29, 0.717) is 17.2 Å². The van der Waals surface area contributed by atoms with Crippen molar-refractivity contribution in [3.8, 4) is 23.5 Å². The summed E-state index contributed by atoms with van der Waals surface area (Å²) in [5.74, 6) is 0.195. The number of nitriles is 1. The minimum atomic E-state index is -0.818. The van der Waals surface area contributed by atoms with Gasteiger partial charge in [0.05, 0.1) is 0 Å². The zero-order chi connectivity index (χ0) is 20.4. The van der Waals surface area contributed by atoms with E-state index in [1.54, 1.807) is 54.2 Å². The maximum absolute atomic E-state index is 12.5. The first-order valence-corrected chi connectivity index (χ1v) is 8.60. The van der Waals surface area contributed by atoms with Gasteiger partial charge in [-0.25, -0.2) is 4.79 Å². The molecular weight excluding hydrogens is 378 g/mol. The van der Waals surface area contributed by atoms with E-state index < -0.39 is 18.5 Å². The number of ether oxygens (including phenoxy) is 3. The third-order valence-corrected chi connectivity index (χ3v) is 4.21. The van der Waals surface area contributed by atoms with E-state index in [4.69, 9.17) is 18.6 Å². The molecule has 2 aromatic heterocycles. The summed E-state index contributed by atoms with van der Waals surface area (Å²) in [5, 5.41) is 12.1. The molecule has 0 saturated carbocycles. The van der Waals surface area contributed by atoms with Crippen LogP contribution in [0, 0.1) is 18.3 Å². The summed E-state index contributed by atoms with van der Waals surface area (Å²) in [6.07, 6.45) is 3.38. The lowest BCUT2D eigenvalue weighted by molar-refractivity contribution is -0.119. The Labute approximate surface area is 165 Å². The van der Waals surface area contributed by atoms with E-state index in [9.17, 15) is 14.9 Å². The fourth-order valence-electron chi connectivity index (χ4n) is 2.91. The Balaban J connectivity index is 1.43. The van der Waals surface area contributed by atoms with Gasteiger partial charge >= 0.3 is 5.97 Å². The number of benzene rings is 1. The van der Waals surface area contributed by atoms with Crippen molar-refractivity contribution in [1.82, 2.24) is 4.57 Å². The number of furan rings is 1. The highest BCUT2D eigenvalue weighted by atomic mass is 16.7. The van der Waals surface area contributed by atoms with Gasteiger partial charge in [0.2, 0.25) is 12.7 Å². The van der Waals surface area contributed by atoms with Gasteiger partial charge in [-0.3, -0.25) is 9.36 Å². The molecule has 0 unspecified atom stereocenters. The standard InChI is InChI=1S/C20H15N3O6/c1-12-18(14(9-21)19(29-12)23-6-2-3-7-23)20(25)26-10-17(24)22-13-4-5-15-16(8-13)28-11-27-15/h2-8H,10-11H2,1H3,(H,22,24). The molecule has 0 radical (unpaired) electrons. The van der Waals surface area contributed by atoms with Crippen molar-refractivity contribution < 1.29 is 28.2 Å². The first-order valence-electron chi connectivity index (χ1n) is 8.60. The van der Waals surface area contributed by atoms with Gasteiger partial charge in [0, 0.05) is 24.1 Å². The summed E-state index contributed by atoms with van der Waals surface area (Å²) in [4.78, 5) is 24.6. The maximum Gasteiger partial charge on any atom is 0.343 e. The number of nitrogens with one attached hydrogen (secondary N) is 1. The number of nitrogens with zero attached hydrogens (tertiary/aromatic N) is 2.